The van der Waals surface area contributed by atoms with Crippen LogP contribution in [0.2, 0.25) is 0 Å². The summed E-state index contributed by atoms with van der Waals surface area (Å²) >= 11 is 0. The minimum absolute atomic E-state index is 0.0243. The van der Waals surface area contributed by atoms with Crippen LogP contribution in [0.3, 0.4) is 0 Å². The first-order valence-electron chi connectivity index (χ1n) is 10.8. The highest BCUT2D eigenvalue weighted by molar-refractivity contribution is 6.22. The number of nitrogens with zero attached hydrogens (tertiary/aromatic N) is 1. The van der Waals surface area contributed by atoms with Crippen LogP contribution < -0.4 is 10.2 Å². The van der Waals surface area contributed by atoms with Crippen molar-refractivity contribution >= 4 is 23.0 Å². The van der Waals surface area contributed by atoms with E-state index in [0.29, 0.717) is 40.9 Å². The van der Waals surface area contributed by atoms with E-state index in [4.69, 9.17) is 0 Å². The molecule has 2 atom stereocenters. The van der Waals surface area contributed by atoms with Gasteiger partial charge in [-0.2, -0.15) is 0 Å². The molecule has 5 rings (SSSR count). The standard InChI is InChI=1S/C27H22F2N2O2/c1-16-25(27(33)30-26(21-14-24(21)32)17-7-5-8-18(28)13-17)20-11-6-12-23(29)22(20)15-31(16)19-9-3-2-4-10-19/h2-13,21,26H,14-15H2,1H3,(H,30,33)/t21?,26-/m1/s1. The first-order chi connectivity index (χ1) is 15.9. The van der Waals surface area contributed by atoms with Crippen molar-refractivity contribution in [1.82, 2.24) is 5.32 Å². The van der Waals surface area contributed by atoms with Gasteiger partial charge in [0.2, 0.25) is 0 Å². The first kappa shape index (κ1) is 21.1. The molecule has 0 saturated heterocycles. The summed E-state index contributed by atoms with van der Waals surface area (Å²) in [7, 11) is 0. The summed E-state index contributed by atoms with van der Waals surface area (Å²) in [6.45, 7) is 2.12. The number of amides is 1. The molecule has 0 bridgehead atoms. The van der Waals surface area contributed by atoms with E-state index in [9.17, 15) is 18.4 Å². The van der Waals surface area contributed by atoms with Crippen LogP contribution in [0.5, 0.6) is 0 Å². The van der Waals surface area contributed by atoms with Gasteiger partial charge in [0.25, 0.3) is 5.91 Å². The van der Waals surface area contributed by atoms with Crippen molar-refractivity contribution in [2.45, 2.75) is 25.9 Å². The molecular formula is C27H22F2N2O2. The van der Waals surface area contributed by atoms with Gasteiger partial charge in [0.1, 0.15) is 17.4 Å². The molecule has 1 unspecified atom stereocenters. The average molecular weight is 444 g/mol. The number of anilines is 1. The van der Waals surface area contributed by atoms with Crippen molar-refractivity contribution in [2.24, 2.45) is 5.92 Å². The first-order valence-corrected chi connectivity index (χ1v) is 10.8. The maximum Gasteiger partial charge on any atom is 0.254 e. The molecule has 0 aromatic heterocycles. The van der Waals surface area contributed by atoms with Crippen LogP contribution in [-0.4, -0.2) is 11.7 Å². The third-order valence-corrected chi connectivity index (χ3v) is 6.34. The molecule has 1 amide bonds. The number of allylic oxidation sites excluding steroid dienone is 1. The van der Waals surface area contributed by atoms with E-state index in [2.05, 4.69) is 5.32 Å². The zero-order valence-corrected chi connectivity index (χ0v) is 18.0. The van der Waals surface area contributed by atoms with Crippen LogP contribution in [0, 0.1) is 17.6 Å². The Kier molecular flexibility index (Phi) is 5.29. The number of carbonyl (C=O) groups is 2. The number of fused-ring (bicyclic) bond motifs is 1. The Labute approximate surface area is 190 Å². The molecule has 166 valence electrons. The van der Waals surface area contributed by atoms with Crippen molar-refractivity contribution in [2.75, 3.05) is 4.90 Å². The lowest BCUT2D eigenvalue weighted by Gasteiger charge is -2.34. The molecule has 6 heteroatoms. The molecule has 1 aliphatic carbocycles. The van der Waals surface area contributed by atoms with Gasteiger partial charge < -0.3 is 10.2 Å². The Morgan fingerprint density at radius 1 is 1.03 bits per heavy atom. The van der Waals surface area contributed by atoms with E-state index in [1.54, 1.807) is 24.3 Å². The number of carbonyl (C=O) groups excluding carboxylic acids is 2. The normalized spacial score (nSPS) is 18.1. The number of hydrogen-bond donors (Lipinski definition) is 1. The maximum atomic E-state index is 14.8. The van der Waals surface area contributed by atoms with Crippen molar-refractivity contribution in [3.05, 3.63) is 107 Å². The molecule has 3 aromatic rings. The summed E-state index contributed by atoms with van der Waals surface area (Å²) in [5, 5.41) is 2.95. The molecule has 3 aromatic carbocycles. The fourth-order valence-corrected chi connectivity index (χ4v) is 4.53. The van der Waals surface area contributed by atoms with E-state index < -0.39 is 23.7 Å². The molecule has 0 radical (unpaired) electrons. The number of ketones is 1. The average Bonchev–Trinajstić information content (AvgIpc) is 3.53. The lowest BCUT2D eigenvalue weighted by Crippen LogP contribution is -2.36. The Bertz CT molecular complexity index is 1290. The molecule has 0 spiro atoms. The summed E-state index contributed by atoms with van der Waals surface area (Å²) in [5.41, 5.74) is 3.35. The fourth-order valence-electron chi connectivity index (χ4n) is 4.53. The zero-order valence-electron chi connectivity index (χ0n) is 18.0. The quantitative estimate of drug-likeness (QED) is 0.591. The van der Waals surface area contributed by atoms with Gasteiger partial charge in [-0.15, -0.1) is 0 Å². The third kappa shape index (κ3) is 3.93. The highest BCUT2D eigenvalue weighted by Crippen LogP contribution is 2.40. The molecule has 4 nitrogen and oxygen atoms in total. The maximum absolute atomic E-state index is 14.8. The van der Waals surface area contributed by atoms with Crippen LogP contribution in [0.25, 0.3) is 5.57 Å². The van der Waals surface area contributed by atoms with Gasteiger partial charge >= 0.3 is 0 Å². The smallest absolute Gasteiger partial charge is 0.254 e. The number of Topliss-reactive ketones (excluding diaryl/α,β-unsaturated/α-hetero) is 1. The highest BCUT2D eigenvalue weighted by Gasteiger charge is 2.44. The monoisotopic (exact) mass is 444 g/mol. The molecule has 1 heterocycles. The SMILES string of the molecule is CC1=C(C(=O)N[C@H](c2cccc(F)c2)C2CC2=O)c2cccc(F)c2CN1c1ccccc1. The minimum atomic E-state index is -0.648. The minimum Gasteiger partial charge on any atom is -0.344 e. The molecular weight excluding hydrogens is 422 g/mol. The van der Waals surface area contributed by atoms with Crippen molar-refractivity contribution < 1.29 is 18.4 Å². The van der Waals surface area contributed by atoms with Crippen molar-refractivity contribution in [1.29, 1.82) is 0 Å². The van der Waals surface area contributed by atoms with Gasteiger partial charge in [0.05, 0.1) is 18.2 Å². The summed E-state index contributed by atoms with van der Waals surface area (Å²) < 4.78 is 28.7. The predicted molar refractivity (Wildman–Crippen MR) is 122 cm³/mol. The Morgan fingerprint density at radius 2 is 1.76 bits per heavy atom. The summed E-state index contributed by atoms with van der Waals surface area (Å²) in [4.78, 5) is 27.5. The number of halogens is 2. The molecule has 1 fully saturated rings. The molecule has 33 heavy (non-hydrogen) atoms. The predicted octanol–water partition coefficient (Wildman–Crippen LogP) is 5.16. The van der Waals surface area contributed by atoms with Crippen LogP contribution in [0.15, 0.2) is 78.5 Å². The molecule has 1 aliphatic heterocycles. The summed E-state index contributed by atoms with van der Waals surface area (Å²) in [6.07, 6.45) is 0.334. The second kappa shape index (κ2) is 8.28. The fraction of sp³-hybridized carbons (Fsp3) is 0.185. The van der Waals surface area contributed by atoms with Crippen molar-refractivity contribution in [3.8, 4) is 0 Å². The van der Waals surface area contributed by atoms with Crippen LogP contribution in [0.1, 0.15) is 36.1 Å². The number of benzene rings is 3. The van der Waals surface area contributed by atoms with Crippen LogP contribution in [0.4, 0.5) is 14.5 Å². The van der Waals surface area contributed by atoms with E-state index in [1.165, 1.54) is 18.2 Å². The Balaban J connectivity index is 1.57. The largest absolute Gasteiger partial charge is 0.344 e. The van der Waals surface area contributed by atoms with Gasteiger partial charge in [-0.3, -0.25) is 9.59 Å². The van der Waals surface area contributed by atoms with Gasteiger partial charge in [0.15, 0.2) is 0 Å². The van der Waals surface area contributed by atoms with E-state index in [-0.39, 0.29) is 11.6 Å². The number of nitrogens with one attached hydrogen (secondary N) is 1. The number of rotatable bonds is 5. The molecule has 1 saturated carbocycles. The Morgan fingerprint density at radius 3 is 2.45 bits per heavy atom. The number of hydrogen-bond acceptors (Lipinski definition) is 3. The lowest BCUT2D eigenvalue weighted by molar-refractivity contribution is -0.116. The van der Waals surface area contributed by atoms with Crippen LogP contribution >= 0.6 is 0 Å². The second-order valence-corrected chi connectivity index (χ2v) is 8.43. The van der Waals surface area contributed by atoms with E-state index in [1.807, 2.05) is 42.2 Å². The molecule has 1 N–H and O–H groups in total. The van der Waals surface area contributed by atoms with Crippen molar-refractivity contribution in [3.63, 3.8) is 0 Å². The van der Waals surface area contributed by atoms with Gasteiger partial charge in [-0.1, -0.05) is 42.5 Å². The highest BCUT2D eigenvalue weighted by atomic mass is 19.1. The van der Waals surface area contributed by atoms with Gasteiger partial charge in [-0.25, -0.2) is 8.78 Å². The van der Waals surface area contributed by atoms with Gasteiger partial charge in [-0.05, 0) is 48.4 Å². The topological polar surface area (TPSA) is 49.4 Å². The van der Waals surface area contributed by atoms with Gasteiger partial charge in [0, 0.05) is 29.3 Å². The zero-order chi connectivity index (χ0) is 23.1. The second-order valence-electron chi connectivity index (χ2n) is 8.43. The molecule has 2 aliphatic rings. The van der Waals surface area contributed by atoms with E-state index in [0.717, 1.165) is 5.69 Å². The lowest BCUT2D eigenvalue weighted by atomic mass is 9.91. The summed E-state index contributed by atoms with van der Waals surface area (Å²) in [6, 6.07) is 19.5. The summed E-state index contributed by atoms with van der Waals surface area (Å²) in [5.74, 6) is -1.61. The number of para-hydroxylation sites is 1. The van der Waals surface area contributed by atoms with Crippen LogP contribution in [-0.2, 0) is 16.1 Å². The third-order valence-electron chi connectivity index (χ3n) is 6.34. The Hall–Kier alpha value is -3.80. The van der Waals surface area contributed by atoms with E-state index >= 15 is 0 Å².